The SMILES string of the molecule is N#CC1(c2ccccn2)CCCN(C(=O)CCc2cn[nH]c2)C1. The molecule has 1 aliphatic heterocycles. The number of hydrogen-bond donors (Lipinski definition) is 1. The summed E-state index contributed by atoms with van der Waals surface area (Å²) in [5.74, 6) is 0.0847. The number of H-pyrrole nitrogens is 1. The minimum Gasteiger partial charge on any atom is -0.341 e. The van der Waals surface area contributed by atoms with Crippen LogP contribution in [0, 0.1) is 11.3 Å². The summed E-state index contributed by atoms with van der Waals surface area (Å²) in [5.41, 5.74) is 1.09. The normalized spacial score (nSPS) is 20.9. The summed E-state index contributed by atoms with van der Waals surface area (Å²) in [6.07, 6.45) is 7.90. The summed E-state index contributed by atoms with van der Waals surface area (Å²) in [6, 6.07) is 8.02. The Morgan fingerprint density at radius 1 is 1.48 bits per heavy atom. The van der Waals surface area contributed by atoms with Crippen molar-refractivity contribution in [3.63, 3.8) is 0 Å². The first-order valence-corrected chi connectivity index (χ1v) is 7.82. The van der Waals surface area contributed by atoms with E-state index in [-0.39, 0.29) is 5.91 Å². The molecule has 3 heterocycles. The monoisotopic (exact) mass is 309 g/mol. The first-order chi connectivity index (χ1) is 11.2. The number of rotatable bonds is 4. The molecule has 23 heavy (non-hydrogen) atoms. The van der Waals surface area contributed by atoms with E-state index in [9.17, 15) is 10.1 Å². The highest BCUT2D eigenvalue weighted by Gasteiger charge is 2.39. The highest BCUT2D eigenvalue weighted by molar-refractivity contribution is 5.76. The number of aromatic nitrogens is 3. The molecular formula is C17H19N5O. The number of aryl methyl sites for hydroxylation is 1. The molecule has 0 aliphatic carbocycles. The number of nitriles is 1. The molecular weight excluding hydrogens is 290 g/mol. The van der Waals surface area contributed by atoms with Crippen molar-refractivity contribution in [1.29, 1.82) is 5.26 Å². The van der Waals surface area contributed by atoms with Gasteiger partial charge in [-0.2, -0.15) is 10.4 Å². The maximum absolute atomic E-state index is 12.5. The second kappa shape index (κ2) is 6.61. The van der Waals surface area contributed by atoms with E-state index in [0.717, 1.165) is 24.1 Å². The third kappa shape index (κ3) is 3.24. The van der Waals surface area contributed by atoms with E-state index in [2.05, 4.69) is 21.3 Å². The van der Waals surface area contributed by atoms with E-state index >= 15 is 0 Å². The largest absolute Gasteiger partial charge is 0.341 e. The number of pyridine rings is 1. The molecule has 1 atom stereocenters. The topological polar surface area (TPSA) is 85.7 Å². The molecule has 1 saturated heterocycles. The van der Waals surface area contributed by atoms with Crippen molar-refractivity contribution in [1.82, 2.24) is 20.1 Å². The molecule has 1 amide bonds. The van der Waals surface area contributed by atoms with E-state index in [1.165, 1.54) is 0 Å². The van der Waals surface area contributed by atoms with Crippen LogP contribution < -0.4 is 0 Å². The van der Waals surface area contributed by atoms with Gasteiger partial charge in [-0.05, 0) is 37.0 Å². The Kier molecular flexibility index (Phi) is 4.38. The zero-order valence-electron chi connectivity index (χ0n) is 12.9. The summed E-state index contributed by atoms with van der Waals surface area (Å²) in [5, 5.41) is 16.4. The fourth-order valence-electron chi connectivity index (χ4n) is 3.10. The highest BCUT2D eigenvalue weighted by atomic mass is 16.2. The van der Waals surface area contributed by atoms with Gasteiger partial charge in [-0.1, -0.05) is 6.07 Å². The van der Waals surface area contributed by atoms with Gasteiger partial charge in [0.05, 0.1) is 18.0 Å². The fourth-order valence-corrected chi connectivity index (χ4v) is 3.10. The molecule has 0 radical (unpaired) electrons. The summed E-state index contributed by atoms with van der Waals surface area (Å²) in [6.45, 7) is 1.13. The molecule has 6 nitrogen and oxygen atoms in total. The van der Waals surface area contributed by atoms with Crippen LogP contribution in [0.5, 0.6) is 0 Å². The third-order valence-corrected chi connectivity index (χ3v) is 4.40. The quantitative estimate of drug-likeness (QED) is 0.933. The number of carbonyl (C=O) groups excluding carboxylic acids is 1. The maximum atomic E-state index is 12.5. The van der Waals surface area contributed by atoms with Gasteiger partial charge >= 0.3 is 0 Å². The lowest BCUT2D eigenvalue weighted by Gasteiger charge is -2.38. The van der Waals surface area contributed by atoms with Crippen molar-refractivity contribution in [3.05, 3.63) is 48.0 Å². The predicted molar refractivity (Wildman–Crippen MR) is 84.3 cm³/mol. The van der Waals surface area contributed by atoms with E-state index < -0.39 is 5.41 Å². The number of hydrogen-bond acceptors (Lipinski definition) is 4. The van der Waals surface area contributed by atoms with Crippen molar-refractivity contribution < 1.29 is 4.79 Å². The second-order valence-electron chi connectivity index (χ2n) is 5.93. The fraction of sp³-hybridized carbons (Fsp3) is 0.412. The van der Waals surface area contributed by atoms with Gasteiger partial charge in [0.25, 0.3) is 0 Å². The Labute approximate surface area is 135 Å². The Morgan fingerprint density at radius 3 is 3.09 bits per heavy atom. The lowest BCUT2D eigenvalue weighted by Crippen LogP contribution is -2.48. The van der Waals surface area contributed by atoms with Crippen molar-refractivity contribution >= 4 is 5.91 Å². The van der Waals surface area contributed by atoms with Gasteiger partial charge in [-0.25, -0.2) is 0 Å². The summed E-state index contributed by atoms with van der Waals surface area (Å²) >= 11 is 0. The first-order valence-electron chi connectivity index (χ1n) is 7.82. The number of piperidine rings is 1. The molecule has 0 aromatic carbocycles. The van der Waals surface area contributed by atoms with Crippen LogP contribution >= 0.6 is 0 Å². The van der Waals surface area contributed by atoms with Crippen molar-refractivity contribution in [2.24, 2.45) is 0 Å². The zero-order chi connectivity index (χ0) is 16.1. The number of carbonyl (C=O) groups is 1. The van der Waals surface area contributed by atoms with Gasteiger partial charge in [0.1, 0.15) is 5.41 Å². The second-order valence-corrected chi connectivity index (χ2v) is 5.93. The molecule has 1 aliphatic rings. The average Bonchev–Trinajstić information content (AvgIpc) is 3.14. The maximum Gasteiger partial charge on any atom is 0.222 e. The molecule has 1 N–H and O–H groups in total. The Hall–Kier alpha value is -2.68. The number of aromatic amines is 1. The molecule has 2 aromatic rings. The molecule has 0 bridgehead atoms. The van der Waals surface area contributed by atoms with E-state index in [1.807, 2.05) is 23.1 Å². The Balaban J connectivity index is 1.69. The lowest BCUT2D eigenvalue weighted by atomic mass is 9.78. The number of nitrogens with zero attached hydrogens (tertiary/aromatic N) is 4. The summed E-state index contributed by atoms with van der Waals surface area (Å²) in [4.78, 5) is 18.7. The first kappa shape index (κ1) is 15.2. The van der Waals surface area contributed by atoms with Gasteiger partial charge in [-0.3, -0.25) is 14.9 Å². The van der Waals surface area contributed by atoms with Crippen molar-refractivity contribution in [2.75, 3.05) is 13.1 Å². The van der Waals surface area contributed by atoms with E-state index in [4.69, 9.17) is 0 Å². The number of nitrogens with one attached hydrogen (secondary N) is 1. The van der Waals surface area contributed by atoms with Crippen LogP contribution in [0.1, 0.15) is 30.5 Å². The minimum absolute atomic E-state index is 0.0847. The number of likely N-dealkylation sites (tertiary alicyclic amines) is 1. The molecule has 1 fully saturated rings. The van der Waals surface area contributed by atoms with E-state index in [0.29, 0.717) is 25.9 Å². The zero-order valence-corrected chi connectivity index (χ0v) is 12.9. The predicted octanol–water partition coefficient (Wildman–Crippen LogP) is 1.82. The average molecular weight is 309 g/mol. The molecule has 0 spiro atoms. The molecule has 0 saturated carbocycles. The minimum atomic E-state index is -0.690. The van der Waals surface area contributed by atoms with Crippen LogP contribution in [0.25, 0.3) is 0 Å². The summed E-state index contributed by atoms with van der Waals surface area (Å²) < 4.78 is 0. The molecule has 118 valence electrons. The third-order valence-electron chi connectivity index (χ3n) is 4.40. The Morgan fingerprint density at radius 2 is 2.39 bits per heavy atom. The van der Waals surface area contributed by atoms with Gasteiger partial charge < -0.3 is 4.90 Å². The molecule has 6 heteroatoms. The van der Waals surface area contributed by atoms with Crippen LogP contribution in [0.3, 0.4) is 0 Å². The molecule has 2 aromatic heterocycles. The van der Waals surface area contributed by atoms with Crippen LogP contribution in [-0.4, -0.2) is 39.1 Å². The van der Waals surface area contributed by atoms with Crippen LogP contribution in [-0.2, 0) is 16.6 Å². The van der Waals surface area contributed by atoms with Gasteiger partial charge in [0.2, 0.25) is 5.91 Å². The Bertz CT molecular complexity index is 692. The molecule has 3 rings (SSSR count). The highest BCUT2D eigenvalue weighted by Crippen LogP contribution is 2.32. The van der Waals surface area contributed by atoms with Gasteiger partial charge in [0, 0.05) is 31.9 Å². The van der Waals surface area contributed by atoms with Crippen molar-refractivity contribution in [2.45, 2.75) is 31.1 Å². The van der Waals surface area contributed by atoms with E-state index in [1.54, 1.807) is 18.6 Å². The molecule has 1 unspecified atom stereocenters. The van der Waals surface area contributed by atoms with Gasteiger partial charge in [-0.15, -0.1) is 0 Å². The van der Waals surface area contributed by atoms with Crippen LogP contribution in [0.4, 0.5) is 0 Å². The van der Waals surface area contributed by atoms with Crippen molar-refractivity contribution in [3.8, 4) is 6.07 Å². The lowest BCUT2D eigenvalue weighted by molar-refractivity contribution is -0.133. The summed E-state index contributed by atoms with van der Waals surface area (Å²) in [7, 11) is 0. The smallest absolute Gasteiger partial charge is 0.222 e. The standard InChI is InChI=1S/C17H19N5O/c18-12-17(15-4-1-2-8-19-15)7-3-9-22(13-17)16(23)6-5-14-10-20-21-11-14/h1-2,4,8,10-11H,3,5-7,9,13H2,(H,20,21). The van der Waals surface area contributed by atoms with Crippen LogP contribution in [0.2, 0.25) is 0 Å². The number of amides is 1. The van der Waals surface area contributed by atoms with Gasteiger partial charge in [0.15, 0.2) is 0 Å². The van der Waals surface area contributed by atoms with Crippen LogP contribution in [0.15, 0.2) is 36.8 Å².